The number of aromatic nitrogens is 2. The van der Waals surface area contributed by atoms with E-state index < -0.39 is 0 Å². The number of oxazole rings is 1. The molecule has 6 aromatic carbocycles. The highest BCUT2D eigenvalue weighted by molar-refractivity contribution is 5.97. The fourth-order valence-electron chi connectivity index (χ4n) is 6.48. The number of pyridine rings is 1. The highest BCUT2D eigenvalue weighted by Crippen LogP contribution is 2.39. The largest absolute Gasteiger partial charge is 0.436 e. The molecular formula is C46H32N2O. The molecule has 232 valence electrons. The van der Waals surface area contributed by atoms with Crippen molar-refractivity contribution in [3.63, 3.8) is 0 Å². The van der Waals surface area contributed by atoms with Crippen LogP contribution in [0.15, 0.2) is 176 Å². The zero-order valence-electron chi connectivity index (χ0n) is 26.9. The minimum absolute atomic E-state index is 0.574. The number of hydrogen-bond acceptors (Lipinski definition) is 3. The van der Waals surface area contributed by atoms with Gasteiger partial charge in [-0.05, 0) is 98.1 Å². The van der Waals surface area contributed by atoms with E-state index in [0.717, 1.165) is 77.9 Å². The maximum absolute atomic E-state index is 6.58. The van der Waals surface area contributed by atoms with Crippen LogP contribution in [-0.2, 0) is 0 Å². The van der Waals surface area contributed by atoms with Crippen LogP contribution < -0.4 is 0 Å². The third-order valence-corrected chi connectivity index (χ3v) is 8.97. The summed E-state index contributed by atoms with van der Waals surface area (Å²) in [5, 5.41) is 0. The molecule has 0 saturated carbocycles. The molecule has 0 bridgehead atoms. The number of fused-ring (bicyclic) bond motifs is 1. The van der Waals surface area contributed by atoms with Crippen LogP contribution >= 0.6 is 0 Å². The lowest BCUT2D eigenvalue weighted by molar-refractivity contribution is 0.620. The molecule has 0 spiro atoms. The van der Waals surface area contributed by atoms with E-state index in [2.05, 4.69) is 146 Å². The Kier molecular flexibility index (Phi) is 7.85. The van der Waals surface area contributed by atoms with E-state index in [1.165, 1.54) is 5.56 Å². The lowest BCUT2D eigenvalue weighted by atomic mass is 9.94. The minimum Gasteiger partial charge on any atom is -0.436 e. The first-order valence-corrected chi connectivity index (χ1v) is 16.3. The Hall–Kier alpha value is -6.58. The van der Waals surface area contributed by atoms with Crippen molar-refractivity contribution in [2.45, 2.75) is 0 Å². The Morgan fingerprint density at radius 2 is 1.12 bits per heavy atom. The van der Waals surface area contributed by atoms with Crippen LogP contribution in [0.3, 0.4) is 0 Å². The highest BCUT2D eigenvalue weighted by atomic mass is 16.3. The van der Waals surface area contributed by atoms with Crippen LogP contribution in [0.2, 0.25) is 0 Å². The Labute approximate surface area is 286 Å². The maximum Gasteiger partial charge on any atom is 0.227 e. The van der Waals surface area contributed by atoms with E-state index in [1.807, 2.05) is 36.5 Å². The molecule has 0 aliphatic carbocycles. The van der Waals surface area contributed by atoms with E-state index in [9.17, 15) is 0 Å². The van der Waals surface area contributed by atoms with E-state index in [0.29, 0.717) is 5.89 Å². The summed E-state index contributed by atoms with van der Waals surface area (Å²) in [6, 6.07) is 50.6. The maximum atomic E-state index is 6.58. The second-order valence-electron chi connectivity index (χ2n) is 12.0. The monoisotopic (exact) mass is 628 g/mol. The summed E-state index contributed by atoms with van der Waals surface area (Å²) >= 11 is 0. The molecule has 3 heteroatoms. The van der Waals surface area contributed by atoms with Crippen LogP contribution in [-0.4, -0.2) is 9.97 Å². The first kappa shape index (κ1) is 29.8. The molecule has 0 aliphatic heterocycles. The molecular weight excluding hydrogens is 597 g/mol. The van der Waals surface area contributed by atoms with Gasteiger partial charge >= 0.3 is 0 Å². The summed E-state index contributed by atoms with van der Waals surface area (Å²) in [6.07, 6.45) is 7.44. The number of rotatable bonds is 8. The topological polar surface area (TPSA) is 38.9 Å². The molecule has 0 radical (unpaired) electrons. The van der Waals surface area contributed by atoms with Crippen LogP contribution in [0.1, 0.15) is 11.1 Å². The van der Waals surface area contributed by atoms with Gasteiger partial charge < -0.3 is 4.42 Å². The lowest BCUT2D eigenvalue weighted by Gasteiger charge is -2.10. The second-order valence-corrected chi connectivity index (χ2v) is 12.0. The summed E-state index contributed by atoms with van der Waals surface area (Å²) in [7, 11) is 0. The average Bonchev–Trinajstić information content (AvgIpc) is 3.62. The van der Waals surface area contributed by atoms with Crippen LogP contribution in [0.4, 0.5) is 0 Å². The van der Waals surface area contributed by atoms with Crippen molar-refractivity contribution >= 4 is 23.3 Å². The summed E-state index contributed by atoms with van der Waals surface area (Å²) in [6.45, 7) is 8.01. The van der Waals surface area contributed by atoms with Gasteiger partial charge in [0.15, 0.2) is 5.58 Å². The van der Waals surface area contributed by atoms with Gasteiger partial charge in [-0.1, -0.05) is 128 Å². The van der Waals surface area contributed by atoms with Crippen molar-refractivity contribution in [3.05, 3.63) is 182 Å². The molecule has 3 nitrogen and oxygen atoms in total. The molecule has 2 aromatic heterocycles. The fourth-order valence-corrected chi connectivity index (χ4v) is 6.48. The van der Waals surface area contributed by atoms with Gasteiger partial charge in [0.2, 0.25) is 5.89 Å². The molecule has 8 aromatic rings. The van der Waals surface area contributed by atoms with Gasteiger partial charge in [0, 0.05) is 29.1 Å². The fraction of sp³-hybridized carbons (Fsp3) is 0. The van der Waals surface area contributed by atoms with Gasteiger partial charge in [-0.2, -0.15) is 0 Å². The number of nitrogens with zero attached hydrogens (tertiary/aromatic N) is 2. The third kappa shape index (κ3) is 5.79. The van der Waals surface area contributed by atoms with E-state index >= 15 is 0 Å². The Bertz CT molecular complexity index is 2460. The molecule has 49 heavy (non-hydrogen) atoms. The highest BCUT2D eigenvalue weighted by Gasteiger charge is 2.17. The Morgan fingerprint density at radius 3 is 1.86 bits per heavy atom. The van der Waals surface area contributed by atoms with E-state index in [1.54, 1.807) is 6.20 Å². The first-order valence-electron chi connectivity index (χ1n) is 16.3. The van der Waals surface area contributed by atoms with Crippen LogP contribution in [0.25, 0.3) is 90.3 Å². The van der Waals surface area contributed by atoms with Gasteiger partial charge in [-0.3, -0.25) is 4.98 Å². The average molecular weight is 629 g/mol. The van der Waals surface area contributed by atoms with Gasteiger partial charge in [-0.25, -0.2) is 4.98 Å². The van der Waals surface area contributed by atoms with Crippen molar-refractivity contribution in [1.29, 1.82) is 0 Å². The van der Waals surface area contributed by atoms with Gasteiger partial charge in [0.1, 0.15) is 5.52 Å². The smallest absolute Gasteiger partial charge is 0.227 e. The molecule has 0 fully saturated rings. The normalized spacial score (nSPS) is 11.0. The van der Waals surface area contributed by atoms with Gasteiger partial charge in [0.25, 0.3) is 0 Å². The predicted octanol–water partition coefficient (Wildman–Crippen LogP) is 12.5. The molecule has 0 atom stereocenters. The second kappa shape index (κ2) is 12.9. The van der Waals surface area contributed by atoms with Gasteiger partial charge in [-0.15, -0.1) is 0 Å². The summed E-state index contributed by atoms with van der Waals surface area (Å²) in [4.78, 5) is 9.46. The number of benzene rings is 6. The zero-order valence-corrected chi connectivity index (χ0v) is 26.9. The quantitative estimate of drug-likeness (QED) is 0.168. The Morgan fingerprint density at radius 1 is 0.469 bits per heavy atom. The van der Waals surface area contributed by atoms with Crippen molar-refractivity contribution in [2.24, 2.45) is 0 Å². The molecule has 0 saturated heterocycles. The van der Waals surface area contributed by atoms with Crippen molar-refractivity contribution in [3.8, 4) is 67.1 Å². The molecule has 2 heterocycles. The molecule has 0 amide bonds. The summed E-state index contributed by atoms with van der Waals surface area (Å²) < 4.78 is 6.58. The SMILES string of the molecule is C=Cc1cccc(-c2ccc(-c3nc4c(-c5cccc(-c6cccnc6)c5)cc(-c5cccc(-c6ccccc6)c5)cc4o3)cc2)c1C=C. The number of hydrogen-bond donors (Lipinski definition) is 0. The third-order valence-electron chi connectivity index (χ3n) is 8.97. The van der Waals surface area contributed by atoms with Gasteiger partial charge in [0.05, 0.1) is 0 Å². The Balaban J connectivity index is 1.26. The van der Waals surface area contributed by atoms with Crippen molar-refractivity contribution < 1.29 is 4.42 Å². The minimum atomic E-state index is 0.574. The molecule has 0 aliphatic rings. The standard InChI is InChI=1S/C46H32N2O/c1-3-31-14-10-20-42(41(31)4-2)33-21-23-34(24-22-33)46-48-45-43(38-18-9-16-36(27-38)39-19-11-25-47-30-39)28-40(29-44(45)49-46)37-17-8-15-35(26-37)32-12-6-5-7-13-32/h3-30H,1-2H2. The summed E-state index contributed by atoms with van der Waals surface area (Å²) in [5.41, 5.74) is 15.5. The van der Waals surface area contributed by atoms with Crippen LogP contribution in [0, 0.1) is 0 Å². The van der Waals surface area contributed by atoms with Crippen LogP contribution in [0.5, 0.6) is 0 Å². The zero-order chi connectivity index (χ0) is 33.2. The van der Waals surface area contributed by atoms with Crippen molar-refractivity contribution in [2.75, 3.05) is 0 Å². The van der Waals surface area contributed by atoms with E-state index in [4.69, 9.17) is 9.40 Å². The first-order chi connectivity index (χ1) is 24.2. The predicted molar refractivity (Wildman–Crippen MR) is 205 cm³/mol. The molecule has 0 N–H and O–H groups in total. The molecule has 0 unspecified atom stereocenters. The lowest BCUT2D eigenvalue weighted by Crippen LogP contribution is -1.88. The van der Waals surface area contributed by atoms with E-state index in [-0.39, 0.29) is 0 Å². The van der Waals surface area contributed by atoms with Crippen molar-refractivity contribution in [1.82, 2.24) is 9.97 Å². The molecule has 8 rings (SSSR count). The summed E-state index contributed by atoms with van der Waals surface area (Å²) in [5.74, 6) is 0.574.